The zero-order valence-corrected chi connectivity index (χ0v) is 7.28. The van der Waals surface area contributed by atoms with E-state index >= 15 is 0 Å². The molecule has 0 aromatic heterocycles. The van der Waals surface area contributed by atoms with Crippen LogP contribution in [0.3, 0.4) is 0 Å². The Kier molecular flexibility index (Phi) is 2.66. The molecule has 0 spiro atoms. The number of hydrogen-bond acceptors (Lipinski definition) is 0. The minimum atomic E-state index is -4.38. The number of allylic oxidation sites excluding steroid dienone is 1. The van der Waals surface area contributed by atoms with Crippen molar-refractivity contribution in [2.45, 2.75) is 6.18 Å². The number of halogens is 4. The molecule has 0 aliphatic rings. The van der Waals surface area contributed by atoms with Gasteiger partial charge in [-0.25, -0.2) is 0 Å². The summed E-state index contributed by atoms with van der Waals surface area (Å²) in [6, 6.07) is 5.37. The molecule has 0 amide bonds. The summed E-state index contributed by atoms with van der Waals surface area (Å²) in [5, 5.41) is 0.402. The van der Waals surface area contributed by atoms with Crippen LogP contribution in [0.15, 0.2) is 30.8 Å². The molecule has 0 radical (unpaired) electrons. The lowest BCUT2D eigenvalue weighted by Crippen LogP contribution is -2.09. The normalized spacial score (nSPS) is 11.4. The lowest BCUT2D eigenvalue weighted by Gasteiger charge is -2.09. The van der Waals surface area contributed by atoms with Crippen molar-refractivity contribution in [2.75, 3.05) is 0 Å². The third kappa shape index (κ3) is 2.49. The largest absolute Gasteiger partial charge is 0.416 e. The number of rotatable bonds is 1. The van der Waals surface area contributed by atoms with Gasteiger partial charge in [-0.05, 0) is 17.7 Å². The molecule has 0 saturated heterocycles. The van der Waals surface area contributed by atoms with E-state index in [-0.39, 0.29) is 5.56 Å². The molecule has 0 saturated carbocycles. The molecule has 13 heavy (non-hydrogen) atoms. The predicted molar refractivity (Wildman–Crippen MR) is 46.5 cm³/mol. The number of benzene rings is 1. The van der Waals surface area contributed by atoms with Crippen molar-refractivity contribution in [1.82, 2.24) is 0 Å². The Morgan fingerprint density at radius 1 is 1.15 bits per heavy atom. The SMILES string of the molecule is C=C(c1ccc(Cl)cc1)C(F)(F)F. The van der Waals surface area contributed by atoms with Crippen LogP contribution in [0.4, 0.5) is 13.2 Å². The van der Waals surface area contributed by atoms with E-state index in [0.29, 0.717) is 5.02 Å². The topological polar surface area (TPSA) is 0 Å². The average Bonchev–Trinajstić information content (AvgIpc) is 2.03. The van der Waals surface area contributed by atoms with Crippen LogP contribution in [0.1, 0.15) is 5.56 Å². The van der Waals surface area contributed by atoms with Gasteiger partial charge in [-0.3, -0.25) is 0 Å². The van der Waals surface area contributed by atoms with Crippen molar-refractivity contribution in [3.63, 3.8) is 0 Å². The van der Waals surface area contributed by atoms with E-state index in [4.69, 9.17) is 11.6 Å². The van der Waals surface area contributed by atoms with Crippen molar-refractivity contribution < 1.29 is 13.2 Å². The molecule has 0 unspecified atom stereocenters. The molecule has 0 nitrogen and oxygen atoms in total. The fourth-order valence-corrected chi connectivity index (χ4v) is 0.941. The quantitative estimate of drug-likeness (QED) is 0.654. The molecule has 0 aliphatic carbocycles. The molecular weight excluding hydrogens is 201 g/mol. The van der Waals surface area contributed by atoms with Crippen LogP contribution in [-0.2, 0) is 0 Å². The second kappa shape index (κ2) is 3.42. The van der Waals surface area contributed by atoms with E-state index in [1.165, 1.54) is 24.3 Å². The first-order chi connectivity index (χ1) is 5.91. The molecule has 0 aliphatic heterocycles. The van der Waals surface area contributed by atoms with Crippen LogP contribution in [-0.4, -0.2) is 6.18 Å². The van der Waals surface area contributed by atoms with Gasteiger partial charge < -0.3 is 0 Å². The van der Waals surface area contributed by atoms with Gasteiger partial charge in [0.2, 0.25) is 0 Å². The Labute approximate surface area is 78.6 Å². The van der Waals surface area contributed by atoms with Crippen molar-refractivity contribution in [1.29, 1.82) is 0 Å². The first-order valence-electron chi connectivity index (χ1n) is 3.43. The van der Waals surface area contributed by atoms with Crippen LogP contribution in [0.5, 0.6) is 0 Å². The van der Waals surface area contributed by atoms with Crippen LogP contribution in [0, 0.1) is 0 Å². The van der Waals surface area contributed by atoms with E-state index in [2.05, 4.69) is 6.58 Å². The lowest BCUT2D eigenvalue weighted by atomic mass is 10.1. The van der Waals surface area contributed by atoms with Gasteiger partial charge >= 0.3 is 6.18 Å². The van der Waals surface area contributed by atoms with E-state index in [0.717, 1.165) is 0 Å². The summed E-state index contributed by atoms with van der Waals surface area (Å²) in [6.45, 7) is 2.96. The highest BCUT2D eigenvalue weighted by atomic mass is 35.5. The second-order valence-electron chi connectivity index (χ2n) is 2.48. The molecule has 1 aromatic rings. The zero-order valence-electron chi connectivity index (χ0n) is 6.53. The van der Waals surface area contributed by atoms with Crippen molar-refractivity contribution >= 4 is 17.2 Å². The van der Waals surface area contributed by atoms with Crippen LogP contribution in [0.2, 0.25) is 5.02 Å². The van der Waals surface area contributed by atoms with Crippen LogP contribution < -0.4 is 0 Å². The van der Waals surface area contributed by atoms with E-state index < -0.39 is 11.7 Å². The lowest BCUT2D eigenvalue weighted by molar-refractivity contribution is -0.0686. The maximum atomic E-state index is 12.1. The first-order valence-corrected chi connectivity index (χ1v) is 3.81. The summed E-state index contributed by atoms with van der Waals surface area (Å²) in [7, 11) is 0. The Morgan fingerprint density at radius 2 is 1.62 bits per heavy atom. The van der Waals surface area contributed by atoms with Gasteiger partial charge in [0.1, 0.15) is 0 Å². The highest BCUT2D eigenvalue weighted by Gasteiger charge is 2.32. The molecule has 0 atom stereocenters. The maximum absolute atomic E-state index is 12.1. The Balaban J connectivity index is 2.97. The molecule has 0 fully saturated rings. The molecule has 0 bridgehead atoms. The predicted octanol–water partition coefficient (Wildman–Crippen LogP) is 3.92. The second-order valence-corrected chi connectivity index (χ2v) is 2.92. The first kappa shape index (κ1) is 10.1. The van der Waals surface area contributed by atoms with Crippen molar-refractivity contribution in [2.24, 2.45) is 0 Å². The summed E-state index contributed by atoms with van der Waals surface area (Å²) in [5.41, 5.74) is -0.818. The van der Waals surface area contributed by atoms with Crippen molar-refractivity contribution in [3.8, 4) is 0 Å². The zero-order chi connectivity index (χ0) is 10.1. The van der Waals surface area contributed by atoms with Crippen LogP contribution >= 0.6 is 11.6 Å². The summed E-state index contributed by atoms with van der Waals surface area (Å²) < 4.78 is 36.3. The standard InChI is InChI=1S/C9H6ClF3/c1-6(9(11,12)13)7-2-4-8(10)5-3-7/h2-5H,1H2. The van der Waals surface area contributed by atoms with Gasteiger partial charge in [-0.2, -0.15) is 13.2 Å². The molecule has 4 heteroatoms. The Hall–Kier alpha value is -0.960. The summed E-state index contributed by atoms with van der Waals surface area (Å²) in [4.78, 5) is 0. The van der Waals surface area contributed by atoms with Gasteiger partial charge in [0, 0.05) is 5.02 Å². The highest BCUT2D eigenvalue weighted by Crippen LogP contribution is 2.32. The Morgan fingerprint density at radius 3 is 2.00 bits per heavy atom. The molecule has 0 N–H and O–H groups in total. The van der Waals surface area contributed by atoms with E-state index in [9.17, 15) is 13.2 Å². The third-order valence-corrected chi connectivity index (χ3v) is 1.79. The average molecular weight is 207 g/mol. The minimum absolute atomic E-state index is 0.0388. The molecule has 0 heterocycles. The van der Waals surface area contributed by atoms with Gasteiger partial charge in [0.25, 0.3) is 0 Å². The van der Waals surface area contributed by atoms with Gasteiger partial charge in [0.05, 0.1) is 5.57 Å². The summed E-state index contributed by atoms with van der Waals surface area (Å²) in [6.07, 6.45) is -4.38. The summed E-state index contributed by atoms with van der Waals surface area (Å²) >= 11 is 5.52. The summed E-state index contributed by atoms with van der Waals surface area (Å²) in [5.74, 6) is 0. The van der Waals surface area contributed by atoms with E-state index in [1.807, 2.05) is 0 Å². The molecule has 1 aromatic carbocycles. The number of alkyl halides is 3. The molecule has 70 valence electrons. The van der Waals surface area contributed by atoms with Gasteiger partial charge in [-0.15, -0.1) is 0 Å². The monoisotopic (exact) mass is 206 g/mol. The number of hydrogen-bond donors (Lipinski definition) is 0. The van der Waals surface area contributed by atoms with Gasteiger partial charge in [-0.1, -0.05) is 30.3 Å². The molecule has 1 rings (SSSR count). The third-order valence-electron chi connectivity index (χ3n) is 1.53. The smallest absolute Gasteiger partial charge is 0.166 e. The fourth-order valence-electron chi connectivity index (χ4n) is 0.815. The minimum Gasteiger partial charge on any atom is -0.166 e. The Bertz CT molecular complexity index is 311. The van der Waals surface area contributed by atoms with E-state index in [1.54, 1.807) is 0 Å². The van der Waals surface area contributed by atoms with Crippen LogP contribution in [0.25, 0.3) is 5.57 Å². The van der Waals surface area contributed by atoms with Gasteiger partial charge in [0.15, 0.2) is 0 Å². The fraction of sp³-hybridized carbons (Fsp3) is 0.111. The highest BCUT2D eigenvalue weighted by molar-refractivity contribution is 6.30. The van der Waals surface area contributed by atoms with Crippen molar-refractivity contribution in [3.05, 3.63) is 41.4 Å². The molecular formula is C9H6ClF3. The maximum Gasteiger partial charge on any atom is 0.416 e.